The minimum absolute atomic E-state index is 0.111. The number of rotatable bonds is 51. The van der Waals surface area contributed by atoms with Gasteiger partial charge in [0, 0.05) is 6.42 Å². The van der Waals surface area contributed by atoms with Crippen LogP contribution in [-0.4, -0.2) is 99.6 Å². The normalized spacial score (nSPS) is 19.7. The summed E-state index contributed by atoms with van der Waals surface area (Å²) in [4.78, 5) is 26.5. The molecule has 1 amide bonds. The van der Waals surface area contributed by atoms with Crippen LogP contribution < -0.4 is 5.32 Å². The highest BCUT2D eigenvalue weighted by Gasteiger charge is 2.47. The highest BCUT2D eigenvalue weighted by Crippen LogP contribution is 2.26. The van der Waals surface area contributed by atoms with E-state index in [1.54, 1.807) is 6.08 Å². The molecular weight excluding hydrogens is 967 g/mol. The lowest BCUT2D eigenvalue weighted by Crippen LogP contribution is -2.61. The smallest absolute Gasteiger partial charge is 0.306 e. The highest BCUT2D eigenvalue weighted by molar-refractivity contribution is 5.80. The first-order valence-corrected chi connectivity index (χ1v) is 31.1. The van der Waals surface area contributed by atoms with E-state index in [4.69, 9.17) is 14.2 Å². The number of allylic oxidation sites excluding steroid dienone is 15. The fourth-order valence-corrected chi connectivity index (χ4v) is 9.14. The standard InChI is InChI=1S/C66H113NO10/c1-4-7-10-13-16-19-22-24-26-27-28-29-30-31-32-33-34-36-39-42-45-48-51-54-61(71)77-64-63(73)62(72)60(55-68)76-66(64)75-56-57(58(69)52-49-46-43-40-37-21-18-15-12-9-6-3)67-65(74)59(70)53-50-47-44-41-38-35-25-23-20-17-14-11-8-5-2/h8,11,14,16-17,19-20,23-26,28-29,35,49,52,57-60,62-64,66,68-70,72-73H,4-7,9-10,12-13,15,18,21-22,27,30-34,36-48,50-51,53-56H2,1-3H3,(H,67,74)/b11-8+,17-14+,19-16-,23-20+,26-24-,29-28-,35-25-,52-49+. The van der Waals surface area contributed by atoms with E-state index in [1.807, 2.05) is 42.5 Å². The van der Waals surface area contributed by atoms with Crippen molar-refractivity contribution in [3.05, 3.63) is 97.2 Å². The maximum absolute atomic E-state index is 13.4. The first kappa shape index (κ1) is 71.6. The molecule has 77 heavy (non-hydrogen) atoms. The zero-order valence-electron chi connectivity index (χ0n) is 48.8. The summed E-state index contributed by atoms with van der Waals surface area (Å²) in [6, 6.07) is -1.04. The molecule has 442 valence electrons. The molecule has 0 aromatic rings. The number of hydrogen-bond donors (Lipinski definition) is 6. The lowest BCUT2D eigenvalue weighted by atomic mass is 9.99. The Labute approximate surface area is 469 Å². The predicted octanol–water partition coefficient (Wildman–Crippen LogP) is 14.7. The maximum Gasteiger partial charge on any atom is 0.306 e. The molecule has 6 N–H and O–H groups in total. The molecule has 1 aliphatic rings. The Hall–Kier alpha value is -3.42. The molecule has 1 fully saturated rings. The van der Waals surface area contributed by atoms with Crippen molar-refractivity contribution in [1.29, 1.82) is 0 Å². The summed E-state index contributed by atoms with van der Waals surface area (Å²) in [6.45, 7) is 5.59. The summed E-state index contributed by atoms with van der Waals surface area (Å²) in [5.41, 5.74) is 0. The topological polar surface area (TPSA) is 175 Å². The van der Waals surface area contributed by atoms with Crippen molar-refractivity contribution in [2.24, 2.45) is 0 Å². The number of carbonyl (C=O) groups is 2. The second kappa shape index (κ2) is 53.2. The van der Waals surface area contributed by atoms with Crippen LogP contribution in [-0.2, 0) is 23.8 Å². The average Bonchev–Trinajstić information content (AvgIpc) is 3.43. The molecule has 0 bridgehead atoms. The molecule has 1 saturated heterocycles. The molecular formula is C66H113NO10. The van der Waals surface area contributed by atoms with Crippen molar-refractivity contribution in [3.63, 3.8) is 0 Å². The Bertz CT molecular complexity index is 1620. The summed E-state index contributed by atoms with van der Waals surface area (Å²) < 4.78 is 17.6. The SMILES string of the molecule is CC/C=C/C=C/C=C/C=C\CCCCCCC(O)C(=O)NC(COC1OC(CO)C(O)C(O)C1OC(=O)CCCCCCCCCCCC/C=C\C/C=C\C/C=C\CCCCC)C(O)/C=C/CCCCCCCCCCC. The largest absolute Gasteiger partial charge is 0.454 e. The monoisotopic (exact) mass is 1080 g/mol. The predicted molar refractivity (Wildman–Crippen MR) is 319 cm³/mol. The molecule has 0 aromatic heterocycles. The van der Waals surface area contributed by atoms with E-state index < -0.39 is 67.4 Å². The van der Waals surface area contributed by atoms with Crippen molar-refractivity contribution in [1.82, 2.24) is 5.32 Å². The van der Waals surface area contributed by atoms with Gasteiger partial charge in [-0.1, -0.05) is 253 Å². The van der Waals surface area contributed by atoms with Gasteiger partial charge in [0.05, 0.1) is 25.4 Å². The molecule has 0 aliphatic carbocycles. The molecule has 11 nitrogen and oxygen atoms in total. The number of hydrogen-bond acceptors (Lipinski definition) is 10. The van der Waals surface area contributed by atoms with E-state index in [-0.39, 0.29) is 19.4 Å². The van der Waals surface area contributed by atoms with Gasteiger partial charge in [-0.15, -0.1) is 0 Å². The molecule has 11 heteroatoms. The summed E-state index contributed by atoms with van der Waals surface area (Å²) in [5, 5.41) is 56.9. The van der Waals surface area contributed by atoms with E-state index in [2.05, 4.69) is 74.7 Å². The van der Waals surface area contributed by atoms with Gasteiger partial charge in [0.2, 0.25) is 5.91 Å². The van der Waals surface area contributed by atoms with Gasteiger partial charge < -0.3 is 45.1 Å². The number of aliphatic hydroxyl groups is 5. The molecule has 0 aromatic carbocycles. The minimum atomic E-state index is -1.62. The van der Waals surface area contributed by atoms with Crippen LogP contribution in [0.25, 0.3) is 0 Å². The molecule has 0 spiro atoms. The van der Waals surface area contributed by atoms with E-state index in [0.29, 0.717) is 12.8 Å². The summed E-state index contributed by atoms with van der Waals surface area (Å²) in [5.74, 6) is -1.23. The number of ether oxygens (including phenoxy) is 3. The second-order valence-corrected chi connectivity index (χ2v) is 21.1. The van der Waals surface area contributed by atoms with Gasteiger partial charge in [-0.2, -0.15) is 0 Å². The number of carbonyl (C=O) groups excluding carboxylic acids is 2. The molecule has 8 atom stereocenters. The third-order valence-electron chi connectivity index (χ3n) is 14.1. The van der Waals surface area contributed by atoms with Crippen LogP contribution in [0.4, 0.5) is 0 Å². The quantitative estimate of drug-likeness (QED) is 0.0149. The zero-order valence-corrected chi connectivity index (χ0v) is 48.8. The molecule has 1 rings (SSSR count). The first-order valence-electron chi connectivity index (χ1n) is 31.1. The minimum Gasteiger partial charge on any atom is -0.454 e. The first-order chi connectivity index (χ1) is 37.7. The van der Waals surface area contributed by atoms with Crippen molar-refractivity contribution < 1.29 is 49.3 Å². The Balaban J connectivity index is 2.64. The van der Waals surface area contributed by atoms with Gasteiger partial charge in [0.15, 0.2) is 12.4 Å². The molecule has 1 aliphatic heterocycles. The number of nitrogens with one attached hydrogen (secondary N) is 1. The number of amides is 1. The Kier molecular flexibility index (Phi) is 49.5. The van der Waals surface area contributed by atoms with E-state index in [9.17, 15) is 35.1 Å². The van der Waals surface area contributed by atoms with Gasteiger partial charge in [0.25, 0.3) is 0 Å². The van der Waals surface area contributed by atoms with Gasteiger partial charge in [-0.25, -0.2) is 0 Å². The van der Waals surface area contributed by atoms with Crippen molar-refractivity contribution >= 4 is 11.9 Å². The van der Waals surface area contributed by atoms with Gasteiger partial charge >= 0.3 is 5.97 Å². The number of esters is 1. The average molecular weight is 1080 g/mol. The molecule has 0 radical (unpaired) electrons. The van der Waals surface area contributed by atoms with Crippen LogP contribution in [0.3, 0.4) is 0 Å². The lowest BCUT2D eigenvalue weighted by Gasteiger charge is -2.41. The van der Waals surface area contributed by atoms with Crippen molar-refractivity contribution in [2.75, 3.05) is 13.2 Å². The Morgan fingerprint density at radius 2 is 0.987 bits per heavy atom. The van der Waals surface area contributed by atoms with E-state index >= 15 is 0 Å². The van der Waals surface area contributed by atoms with Crippen LogP contribution in [0.5, 0.6) is 0 Å². The van der Waals surface area contributed by atoms with Gasteiger partial charge in [-0.3, -0.25) is 9.59 Å². The van der Waals surface area contributed by atoms with Crippen molar-refractivity contribution in [2.45, 2.75) is 294 Å². The summed E-state index contributed by atoms with van der Waals surface area (Å²) in [7, 11) is 0. The van der Waals surface area contributed by atoms with Gasteiger partial charge in [0.1, 0.15) is 24.4 Å². The second-order valence-electron chi connectivity index (χ2n) is 21.1. The van der Waals surface area contributed by atoms with Crippen LogP contribution in [0, 0.1) is 0 Å². The molecule has 0 saturated carbocycles. The highest BCUT2D eigenvalue weighted by atomic mass is 16.7. The third kappa shape index (κ3) is 41.3. The Morgan fingerprint density at radius 3 is 1.55 bits per heavy atom. The summed E-state index contributed by atoms with van der Waals surface area (Å²) in [6.07, 6.45) is 60.2. The Morgan fingerprint density at radius 1 is 0.532 bits per heavy atom. The number of aliphatic hydroxyl groups excluding tert-OH is 5. The summed E-state index contributed by atoms with van der Waals surface area (Å²) >= 11 is 0. The van der Waals surface area contributed by atoms with Crippen LogP contribution in [0.1, 0.15) is 245 Å². The van der Waals surface area contributed by atoms with Crippen LogP contribution >= 0.6 is 0 Å². The number of unbranched alkanes of at least 4 members (excludes halogenated alkanes) is 26. The third-order valence-corrected chi connectivity index (χ3v) is 14.1. The van der Waals surface area contributed by atoms with E-state index in [1.165, 1.54) is 96.3 Å². The van der Waals surface area contributed by atoms with Crippen LogP contribution in [0.2, 0.25) is 0 Å². The van der Waals surface area contributed by atoms with Crippen LogP contribution in [0.15, 0.2) is 97.2 Å². The molecule has 1 heterocycles. The van der Waals surface area contributed by atoms with Gasteiger partial charge in [-0.05, 0) is 83.5 Å². The van der Waals surface area contributed by atoms with E-state index in [0.717, 1.165) is 103 Å². The zero-order chi connectivity index (χ0) is 56.1. The maximum atomic E-state index is 13.4. The fraction of sp³-hybridized carbons (Fsp3) is 0.727. The van der Waals surface area contributed by atoms with Crippen molar-refractivity contribution in [3.8, 4) is 0 Å². The lowest BCUT2D eigenvalue weighted by molar-refractivity contribution is -0.305. The molecule has 8 unspecified atom stereocenters. The fourth-order valence-electron chi connectivity index (χ4n) is 9.14.